The van der Waals surface area contributed by atoms with Crippen molar-refractivity contribution in [2.45, 2.75) is 71.1 Å². The number of nitrogens with two attached hydrogens (primary N) is 1. The van der Waals surface area contributed by atoms with Crippen LogP contribution < -0.4 is 16.4 Å². The van der Waals surface area contributed by atoms with Gasteiger partial charge < -0.3 is 26.4 Å². The van der Waals surface area contributed by atoms with E-state index >= 15 is 0 Å². The molecule has 0 aromatic rings. The van der Waals surface area contributed by atoms with Gasteiger partial charge in [-0.1, -0.05) is 13.8 Å². The van der Waals surface area contributed by atoms with E-state index < -0.39 is 42.0 Å². The van der Waals surface area contributed by atoms with Crippen molar-refractivity contribution in [1.29, 1.82) is 0 Å². The highest BCUT2D eigenvalue weighted by Crippen LogP contribution is 2.19. The van der Waals surface area contributed by atoms with Crippen LogP contribution in [0.4, 0.5) is 0 Å². The van der Waals surface area contributed by atoms with Gasteiger partial charge in [-0.25, -0.2) is 0 Å². The highest BCUT2D eigenvalue weighted by atomic mass is 16.4. The molecule has 0 bridgehead atoms. The summed E-state index contributed by atoms with van der Waals surface area (Å²) in [7, 11) is 0. The molecule has 1 rings (SSSR count). The van der Waals surface area contributed by atoms with Crippen molar-refractivity contribution < 1.29 is 24.3 Å². The molecule has 0 radical (unpaired) electrons. The van der Waals surface area contributed by atoms with E-state index in [0.717, 1.165) is 0 Å². The molecule has 4 unspecified atom stereocenters. The molecule has 3 amide bonds. The predicted molar refractivity (Wildman–Crippen MR) is 95.0 cm³/mol. The molecule has 148 valence electrons. The lowest BCUT2D eigenvalue weighted by Crippen LogP contribution is -2.55. The third-order valence-corrected chi connectivity index (χ3v) is 4.36. The monoisotopic (exact) mass is 370 g/mol. The van der Waals surface area contributed by atoms with Gasteiger partial charge in [0.1, 0.15) is 18.1 Å². The SMILES string of the molecule is CC(C)CC(N)C(=O)NC(C)C(=O)N1CCCC1C(=O)NC(C)C(=O)O. The van der Waals surface area contributed by atoms with Crippen LogP contribution in [0.2, 0.25) is 0 Å². The van der Waals surface area contributed by atoms with Crippen molar-refractivity contribution in [2.24, 2.45) is 11.7 Å². The number of amides is 3. The van der Waals surface area contributed by atoms with Crippen LogP contribution in [-0.4, -0.2) is 64.4 Å². The zero-order chi connectivity index (χ0) is 20.0. The second-order valence-corrected chi connectivity index (χ2v) is 7.22. The number of carboxylic acids is 1. The van der Waals surface area contributed by atoms with Crippen molar-refractivity contribution >= 4 is 23.7 Å². The van der Waals surface area contributed by atoms with Gasteiger partial charge in [0.2, 0.25) is 17.7 Å². The van der Waals surface area contributed by atoms with Crippen molar-refractivity contribution in [3.8, 4) is 0 Å². The molecule has 9 heteroatoms. The Morgan fingerprint density at radius 1 is 1.12 bits per heavy atom. The molecule has 0 saturated carbocycles. The Morgan fingerprint density at radius 3 is 2.27 bits per heavy atom. The molecule has 1 aliphatic heterocycles. The summed E-state index contributed by atoms with van der Waals surface area (Å²) >= 11 is 0. The summed E-state index contributed by atoms with van der Waals surface area (Å²) in [6.07, 6.45) is 1.60. The Hall–Kier alpha value is -2.16. The van der Waals surface area contributed by atoms with Crippen LogP contribution in [0.25, 0.3) is 0 Å². The third-order valence-electron chi connectivity index (χ3n) is 4.36. The van der Waals surface area contributed by atoms with Gasteiger partial charge in [0.15, 0.2) is 0 Å². The maximum Gasteiger partial charge on any atom is 0.325 e. The van der Waals surface area contributed by atoms with E-state index in [0.29, 0.717) is 25.8 Å². The summed E-state index contributed by atoms with van der Waals surface area (Å²) < 4.78 is 0. The summed E-state index contributed by atoms with van der Waals surface area (Å²) in [5, 5.41) is 13.9. The Morgan fingerprint density at radius 2 is 1.73 bits per heavy atom. The van der Waals surface area contributed by atoms with E-state index in [4.69, 9.17) is 10.8 Å². The average Bonchev–Trinajstić information content (AvgIpc) is 3.02. The van der Waals surface area contributed by atoms with Crippen molar-refractivity contribution in [1.82, 2.24) is 15.5 Å². The topological polar surface area (TPSA) is 142 Å². The summed E-state index contributed by atoms with van der Waals surface area (Å²) in [5.41, 5.74) is 5.82. The summed E-state index contributed by atoms with van der Waals surface area (Å²) in [6, 6.07) is -3.27. The van der Waals surface area contributed by atoms with Crippen LogP contribution in [0.3, 0.4) is 0 Å². The quantitative estimate of drug-likeness (QED) is 0.451. The zero-order valence-corrected chi connectivity index (χ0v) is 15.8. The van der Waals surface area contributed by atoms with E-state index in [1.807, 2.05) is 13.8 Å². The standard InChI is InChI=1S/C17H30N4O5/c1-9(2)8-12(18)14(22)19-10(3)16(24)21-7-5-6-13(21)15(23)20-11(4)17(25)26/h9-13H,5-8,18H2,1-4H3,(H,19,22)(H,20,23)(H,25,26). The van der Waals surface area contributed by atoms with E-state index in [9.17, 15) is 19.2 Å². The normalized spacial score (nSPS) is 20.4. The van der Waals surface area contributed by atoms with Crippen LogP contribution in [0.1, 0.15) is 47.0 Å². The van der Waals surface area contributed by atoms with Gasteiger partial charge in [0.25, 0.3) is 0 Å². The van der Waals surface area contributed by atoms with Gasteiger partial charge in [-0.15, -0.1) is 0 Å². The van der Waals surface area contributed by atoms with Gasteiger partial charge in [-0.3, -0.25) is 19.2 Å². The first kappa shape index (κ1) is 21.9. The molecule has 0 spiro atoms. The molecular weight excluding hydrogens is 340 g/mol. The Kier molecular flexibility index (Phi) is 8.01. The predicted octanol–water partition coefficient (Wildman–Crippen LogP) is -0.555. The van der Waals surface area contributed by atoms with Crippen molar-refractivity contribution in [2.75, 3.05) is 6.54 Å². The Labute approximate surface area is 153 Å². The van der Waals surface area contributed by atoms with Gasteiger partial charge in [0, 0.05) is 6.54 Å². The molecule has 4 atom stereocenters. The van der Waals surface area contributed by atoms with Crippen molar-refractivity contribution in [3.05, 3.63) is 0 Å². The van der Waals surface area contributed by atoms with E-state index in [2.05, 4.69) is 10.6 Å². The van der Waals surface area contributed by atoms with E-state index in [1.54, 1.807) is 6.92 Å². The molecular formula is C17H30N4O5. The average molecular weight is 370 g/mol. The number of rotatable bonds is 8. The smallest absolute Gasteiger partial charge is 0.325 e. The summed E-state index contributed by atoms with van der Waals surface area (Å²) in [5.74, 6) is -2.17. The van der Waals surface area contributed by atoms with Gasteiger partial charge in [-0.2, -0.15) is 0 Å². The first-order chi connectivity index (χ1) is 12.0. The lowest BCUT2D eigenvalue weighted by molar-refractivity contribution is -0.144. The minimum Gasteiger partial charge on any atom is -0.480 e. The van der Waals surface area contributed by atoms with E-state index in [1.165, 1.54) is 11.8 Å². The third kappa shape index (κ3) is 5.98. The highest BCUT2D eigenvalue weighted by Gasteiger charge is 2.37. The Balaban J connectivity index is 2.67. The highest BCUT2D eigenvalue weighted by molar-refractivity contribution is 5.94. The second-order valence-electron chi connectivity index (χ2n) is 7.22. The number of carbonyl (C=O) groups is 4. The van der Waals surface area contributed by atoms with E-state index in [-0.39, 0.29) is 11.8 Å². The molecule has 1 heterocycles. The molecule has 9 nitrogen and oxygen atoms in total. The lowest BCUT2D eigenvalue weighted by atomic mass is 10.0. The van der Waals surface area contributed by atoms with Gasteiger partial charge in [-0.05, 0) is 39.0 Å². The molecule has 1 aliphatic rings. The number of aliphatic carboxylic acids is 1. The van der Waals surface area contributed by atoms with Crippen LogP contribution in [0.5, 0.6) is 0 Å². The van der Waals surface area contributed by atoms with Crippen LogP contribution in [0.15, 0.2) is 0 Å². The number of nitrogens with zero attached hydrogens (tertiary/aromatic N) is 1. The first-order valence-corrected chi connectivity index (χ1v) is 8.94. The Bertz CT molecular complexity index is 551. The van der Waals surface area contributed by atoms with Gasteiger partial charge >= 0.3 is 5.97 Å². The first-order valence-electron chi connectivity index (χ1n) is 8.94. The number of likely N-dealkylation sites (tertiary alicyclic amines) is 1. The summed E-state index contributed by atoms with van der Waals surface area (Å²) in [6.45, 7) is 7.20. The molecule has 0 aliphatic carbocycles. The van der Waals surface area contributed by atoms with Crippen LogP contribution >= 0.6 is 0 Å². The maximum atomic E-state index is 12.6. The number of hydrogen-bond donors (Lipinski definition) is 4. The fourth-order valence-electron chi connectivity index (χ4n) is 2.92. The zero-order valence-electron chi connectivity index (χ0n) is 15.8. The minimum absolute atomic E-state index is 0.254. The second kappa shape index (κ2) is 9.51. The molecule has 0 aromatic carbocycles. The molecule has 1 fully saturated rings. The molecule has 26 heavy (non-hydrogen) atoms. The molecule has 1 saturated heterocycles. The van der Waals surface area contributed by atoms with Crippen LogP contribution in [-0.2, 0) is 19.2 Å². The fourth-order valence-corrected chi connectivity index (χ4v) is 2.92. The molecule has 5 N–H and O–H groups in total. The minimum atomic E-state index is -1.14. The largest absolute Gasteiger partial charge is 0.480 e. The number of carbonyl (C=O) groups excluding carboxylic acids is 3. The fraction of sp³-hybridized carbons (Fsp3) is 0.765. The number of hydrogen-bond acceptors (Lipinski definition) is 5. The maximum absolute atomic E-state index is 12.6. The lowest BCUT2D eigenvalue weighted by Gasteiger charge is -2.28. The van der Waals surface area contributed by atoms with Crippen LogP contribution in [0, 0.1) is 5.92 Å². The van der Waals surface area contributed by atoms with Crippen molar-refractivity contribution in [3.63, 3.8) is 0 Å². The molecule has 0 aromatic heterocycles. The number of carboxylic acid groups (broad SMARTS) is 1. The van der Waals surface area contributed by atoms with Gasteiger partial charge in [0.05, 0.1) is 6.04 Å². The number of nitrogens with one attached hydrogen (secondary N) is 2. The summed E-state index contributed by atoms with van der Waals surface area (Å²) in [4.78, 5) is 49.3.